The Labute approximate surface area is 82.9 Å². The fourth-order valence-corrected chi connectivity index (χ4v) is 1.10. The molecule has 0 unspecified atom stereocenters. The maximum absolute atomic E-state index is 12.0. The highest BCUT2D eigenvalue weighted by atomic mass is 32.2. The van der Waals surface area contributed by atoms with Crippen molar-refractivity contribution in [2.75, 3.05) is 0 Å². The third kappa shape index (κ3) is 3.72. The number of hydrogen-bond donors (Lipinski definition) is 1. The average molecular weight is 242 g/mol. The first-order valence-electron chi connectivity index (χ1n) is 3.44. The van der Waals surface area contributed by atoms with Gasteiger partial charge < -0.3 is 4.18 Å². The molecule has 9 heteroatoms. The molecule has 15 heavy (non-hydrogen) atoms. The summed E-state index contributed by atoms with van der Waals surface area (Å²) in [5, 5.41) is 4.49. The molecule has 0 amide bonds. The summed E-state index contributed by atoms with van der Waals surface area (Å²) in [7, 11) is -4.25. The van der Waals surface area contributed by atoms with E-state index in [0.29, 0.717) is 12.3 Å². The molecular formula is C6H5F3N2O3S. The lowest BCUT2D eigenvalue weighted by Gasteiger charge is -2.06. The lowest BCUT2D eigenvalue weighted by molar-refractivity contribution is -0.141. The zero-order valence-corrected chi connectivity index (χ0v) is 7.84. The van der Waals surface area contributed by atoms with Crippen molar-refractivity contribution in [1.29, 1.82) is 0 Å². The van der Waals surface area contributed by atoms with E-state index >= 15 is 0 Å². The van der Waals surface area contributed by atoms with Crippen LogP contribution in [0.4, 0.5) is 13.2 Å². The summed E-state index contributed by atoms with van der Waals surface area (Å²) in [5.41, 5.74) is -1.15. The molecule has 0 atom stereocenters. The molecule has 84 valence electrons. The van der Waals surface area contributed by atoms with Gasteiger partial charge in [0.2, 0.25) is 0 Å². The first-order chi connectivity index (χ1) is 6.68. The van der Waals surface area contributed by atoms with Crippen LogP contribution < -0.4 is 9.32 Å². The highest BCUT2D eigenvalue weighted by Crippen LogP contribution is 2.28. The Morgan fingerprint density at radius 3 is 2.27 bits per heavy atom. The highest BCUT2D eigenvalue weighted by molar-refractivity contribution is 7.84. The normalized spacial score (nSPS) is 12.5. The molecule has 0 spiro atoms. The molecule has 0 saturated carbocycles. The van der Waals surface area contributed by atoms with Crippen molar-refractivity contribution in [3.8, 4) is 5.75 Å². The molecule has 1 heterocycles. The highest BCUT2D eigenvalue weighted by Gasteiger charge is 2.32. The van der Waals surface area contributed by atoms with E-state index in [9.17, 15) is 21.6 Å². The van der Waals surface area contributed by atoms with Crippen LogP contribution in [-0.4, -0.2) is 13.4 Å². The van der Waals surface area contributed by atoms with Crippen molar-refractivity contribution in [3.05, 3.63) is 24.0 Å². The largest absolute Gasteiger partial charge is 0.433 e. The molecule has 0 aromatic carbocycles. The topological polar surface area (TPSA) is 82.3 Å². The van der Waals surface area contributed by atoms with Crippen LogP contribution in [0.1, 0.15) is 5.69 Å². The van der Waals surface area contributed by atoms with Crippen molar-refractivity contribution in [2.45, 2.75) is 6.18 Å². The van der Waals surface area contributed by atoms with Gasteiger partial charge >= 0.3 is 16.5 Å². The van der Waals surface area contributed by atoms with Crippen LogP contribution in [0.2, 0.25) is 0 Å². The van der Waals surface area contributed by atoms with Gasteiger partial charge in [-0.2, -0.15) is 26.7 Å². The second-order valence-corrected chi connectivity index (χ2v) is 3.61. The molecule has 0 bridgehead atoms. The van der Waals surface area contributed by atoms with Gasteiger partial charge in [-0.3, -0.25) is 0 Å². The van der Waals surface area contributed by atoms with E-state index in [1.807, 2.05) is 0 Å². The molecule has 2 N–H and O–H groups in total. The van der Waals surface area contributed by atoms with Crippen molar-refractivity contribution in [1.82, 2.24) is 4.98 Å². The molecule has 1 rings (SSSR count). The van der Waals surface area contributed by atoms with Crippen LogP contribution in [0.15, 0.2) is 18.3 Å². The molecule has 5 nitrogen and oxygen atoms in total. The lowest BCUT2D eigenvalue weighted by atomic mass is 10.3. The minimum atomic E-state index is -4.58. The predicted octanol–water partition coefficient (Wildman–Crippen LogP) is 0.683. The number of rotatable bonds is 2. The molecule has 0 aliphatic heterocycles. The number of nitrogens with zero attached hydrogens (tertiary/aromatic N) is 1. The molecule has 0 aliphatic rings. The molecular weight excluding hydrogens is 237 g/mol. The third-order valence-electron chi connectivity index (χ3n) is 1.24. The van der Waals surface area contributed by atoms with Gasteiger partial charge in [-0.15, -0.1) is 0 Å². The van der Waals surface area contributed by atoms with Gasteiger partial charge in [0, 0.05) is 0 Å². The van der Waals surface area contributed by atoms with Gasteiger partial charge in [-0.25, -0.2) is 4.98 Å². The van der Waals surface area contributed by atoms with Crippen molar-refractivity contribution >= 4 is 10.3 Å². The van der Waals surface area contributed by atoms with E-state index in [0.717, 1.165) is 6.07 Å². The number of halogens is 3. The molecule has 0 fully saturated rings. The third-order valence-corrected chi connectivity index (χ3v) is 1.66. The Bertz CT molecular complexity index is 440. The fourth-order valence-electron chi connectivity index (χ4n) is 0.731. The van der Waals surface area contributed by atoms with Crippen LogP contribution in [0.25, 0.3) is 0 Å². The number of hydrogen-bond acceptors (Lipinski definition) is 4. The molecule has 0 radical (unpaired) electrons. The molecule has 0 saturated heterocycles. The summed E-state index contributed by atoms with van der Waals surface area (Å²) in [5.74, 6) is -0.384. The molecule has 0 aliphatic carbocycles. The lowest BCUT2D eigenvalue weighted by Crippen LogP contribution is -2.19. The maximum atomic E-state index is 12.0. The smallest absolute Gasteiger partial charge is 0.369 e. The Morgan fingerprint density at radius 1 is 1.33 bits per heavy atom. The Kier molecular flexibility index (Phi) is 2.86. The van der Waals surface area contributed by atoms with Gasteiger partial charge in [-0.05, 0) is 12.1 Å². The number of alkyl halides is 3. The summed E-state index contributed by atoms with van der Waals surface area (Å²) >= 11 is 0. The second-order valence-electron chi connectivity index (χ2n) is 2.45. The van der Waals surface area contributed by atoms with Crippen molar-refractivity contribution < 1.29 is 25.8 Å². The van der Waals surface area contributed by atoms with E-state index in [1.54, 1.807) is 0 Å². The van der Waals surface area contributed by atoms with E-state index in [2.05, 4.69) is 14.3 Å². The van der Waals surface area contributed by atoms with Gasteiger partial charge in [0.05, 0.1) is 6.20 Å². The Morgan fingerprint density at radius 2 is 1.93 bits per heavy atom. The van der Waals surface area contributed by atoms with Crippen LogP contribution >= 0.6 is 0 Å². The summed E-state index contributed by atoms with van der Waals surface area (Å²) in [6, 6.07) is 1.39. The van der Waals surface area contributed by atoms with Crippen molar-refractivity contribution in [3.63, 3.8) is 0 Å². The average Bonchev–Trinajstić information content (AvgIpc) is 2.00. The minimum absolute atomic E-state index is 0.384. The Hall–Kier alpha value is -1.35. The number of aromatic nitrogens is 1. The summed E-state index contributed by atoms with van der Waals surface area (Å²) < 4.78 is 60.9. The maximum Gasteiger partial charge on any atom is 0.433 e. The number of pyridine rings is 1. The van der Waals surface area contributed by atoms with Crippen LogP contribution in [0.3, 0.4) is 0 Å². The fraction of sp³-hybridized carbons (Fsp3) is 0.167. The van der Waals surface area contributed by atoms with Gasteiger partial charge in [-0.1, -0.05) is 0 Å². The standard InChI is InChI=1S/C6H5F3N2O3S/c7-6(8,9)5-2-1-4(3-11-5)14-15(10,12)13/h1-3H,(H2,10,12,13). The van der Waals surface area contributed by atoms with Gasteiger partial charge in [0.15, 0.2) is 5.75 Å². The summed E-state index contributed by atoms with van der Waals surface area (Å²) in [6.45, 7) is 0. The quantitative estimate of drug-likeness (QED) is 0.826. The summed E-state index contributed by atoms with van der Waals surface area (Å²) in [6.07, 6.45) is -3.96. The number of nitrogens with two attached hydrogens (primary N) is 1. The van der Waals surface area contributed by atoms with Gasteiger partial charge in [0.25, 0.3) is 0 Å². The first kappa shape index (κ1) is 11.7. The van der Waals surface area contributed by atoms with Crippen LogP contribution in [0.5, 0.6) is 5.75 Å². The van der Waals surface area contributed by atoms with Crippen molar-refractivity contribution in [2.24, 2.45) is 5.14 Å². The summed E-state index contributed by atoms with van der Waals surface area (Å²) in [4.78, 5) is 2.96. The van der Waals surface area contributed by atoms with Crippen LogP contribution in [-0.2, 0) is 16.5 Å². The molecule has 1 aromatic rings. The minimum Gasteiger partial charge on any atom is -0.369 e. The molecule has 1 aromatic heterocycles. The zero-order valence-electron chi connectivity index (χ0n) is 7.02. The van der Waals surface area contributed by atoms with E-state index < -0.39 is 22.2 Å². The van der Waals surface area contributed by atoms with E-state index in [1.165, 1.54) is 0 Å². The predicted molar refractivity (Wildman–Crippen MR) is 43.0 cm³/mol. The van der Waals surface area contributed by atoms with E-state index in [4.69, 9.17) is 0 Å². The monoisotopic (exact) mass is 242 g/mol. The first-order valence-corrected chi connectivity index (χ1v) is 4.91. The second kappa shape index (κ2) is 3.66. The zero-order chi connectivity index (χ0) is 11.7. The Balaban J connectivity index is 2.91. The van der Waals surface area contributed by atoms with E-state index in [-0.39, 0.29) is 5.75 Å². The SMILES string of the molecule is NS(=O)(=O)Oc1ccc(C(F)(F)F)nc1. The van der Waals surface area contributed by atoms with Crippen LogP contribution in [0, 0.1) is 0 Å². The van der Waals surface area contributed by atoms with Gasteiger partial charge in [0.1, 0.15) is 5.69 Å².